The molecule has 0 aliphatic carbocycles. The van der Waals surface area contributed by atoms with Gasteiger partial charge >= 0.3 is 0 Å². The number of carbonyl (C=O) groups excluding carboxylic acids is 1. The fourth-order valence-corrected chi connectivity index (χ4v) is 2.91. The van der Waals surface area contributed by atoms with E-state index in [1.807, 2.05) is 18.2 Å². The predicted molar refractivity (Wildman–Crippen MR) is 77.0 cm³/mol. The number of ketones is 1. The smallest absolute Gasteiger partial charge is 0.172 e. The van der Waals surface area contributed by atoms with Crippen LogP contribution in [0.1, 0.15) is 45.1 Å². The van der Waals surface area contributed by atoms with Gasteiger partial charge in [0, 0.05) is 5.57 Å². The van der Waals surface area contributed by atoms with Crippen molar-refractivity contribution < 1.29 is 9.53 Å². The largest absolute Gasteiger partial charge is 0.501 e. The van der Waals surface area contributed by atoms with Crippen LogP contribution in [0.4, 0.5) is 0 Å². The first-order chi connectivity index (χ1) is 9.24. The Labute approximate surface area is 115 Å². The molecule has 1 aromatic rings. The average Bonchev–Trinajstić information content (AvgIpc) is 2.51. The van der Waals surface area contributed by atoms with E-state index in [0.717, 1.165) is 43.4 Å². The van der Waals surface area contributed by atoms with Crippen molar-refractivity contribution in [3.05, 3.63) is 47.7 Å². The maximum absolute atomic E-state index is 12.9. The van der Waals surface area contributed by atoms with Crippen LogP contribution in [0.3, 0.4) is 0 Å². The Morgan fingerprint density at radius 2 is 1.89 bits per heavy atom. The average molecular weight is 258 g/mol. The van der Waals surface area contributed by atoms with Gasteiger partial charge in [0.2, 0.25) is 0 Å². The molecular weight excluding hydrogens is 236 g/mol. The zero-order chi connectivity index (χ0) is 13.7. The quantitative estimate of drug-likeness (QED) is 0.797. The van der Waals surface area contributed by atoms with Crippen molar-refractivity contribution in [3.63, 3.8) is 0 Å². The van der Waals surface area contributed by atoms with Gasteiger partial charge in [0.15, 0.2) is 5.78 Å². The monoisotopic (exact) mass is 258 g/mol. The molecule has 1 heterocycles. The Morgan fingerprint density at radius 1 is 1.21 bits per heavy atom. The molecule has 1 aliphatic rings. The summed E-state index contributed by atoms with van der Waals surface area (Å²) in [6.45, 7) is 4.92. The summed E-state index contributed by atoms with van der Waals surface area (Å²) in [6.07, 6.45) is 5.10. The van der Waals surface area contributed by atoms with E-state index in [1.54, 1.807) is 6.26 Å². The van der Waals surface area contributed by atoms with E-state index in [1.165, 1.54) is 0 Å². The number of carbonyl (C=O) groups is 1. The van der Waals surface area contributed by atoms with E-state index in [2.05, 4.69) is 26.0 Å². The highest BCUT2D eigenvalue weighted by Crippen LogP contribution is 2.36. The third-order valence-corrected chi connectivity index (χ3v) is 4.19. The number of hydrogen-bond acceptors (Lipinski definition) is 2. The molecule has 0 spiro atoms. The van der Waals surface area contributed by atoms with Gasteiger partial charge in [-0.2, -0.15) is 0 Å². The zero-order valence-corrected chi connectivity index (χ0v) is 11.8. The molecule has 102 valence electrons. The summed E-state index contributed by atoms with van der Waals surface area (Å²) in [5, 5.41) is 0. The molecule has 0 amide bonds. The third-order valence-electron chi connectivity index (χ3n) is 4.19. The van der Waals surface area contributed by atoms with Gasteiger partial charge in [-0.25, -0.2) is 0 Å². The molecule has 1 aromatic carbocycles. The Balaban J connectivity index is 2.39. The summed E-state index contributed by atoms with van der Waals surface area (Å²) < 4.78 is 5.34. The Morgan fingerprint density at radius 3 is 2.42 bits per heavy atom. The van der Waals surface area contributed by atoms with Crippen LogP contribution in [-0.4, -0.2) is 12.4 Å². The summed E-state index contributed by atoms with van der Waals surface area (Å²) in [4.78, 5) is 12.9. The number of rotatable bonds is 5. The van der Waals surface area contributed by atoms with E-state index in [4.69, 9.17) is 4.74 Å². The minimum Gasteiger partial charge on any atom is -0.501 e. The standard InChI is InChI=1S/C17H22O2/c1-3-17(4-2,15-10-6-5-7-11-15)16(18)14-9-8-12-19-13-14/h5-7,10-11,13H,3-4,8-9,12H2,1-2H3. The van der Waals surface area contributed by atoms with Gasteiger partial charge in [-0.05, 0) is 31.2 Å². The summed E-state index contributed by atoms with van der Waals surface area (Å²) >= 11 is 0. The first-order valence-electron chi connectivity index (χ1n) is 7.15. The van der Waals surface area contributed by atoms with Gasteiger partial charge in [0.1, 0.15) is 0 Å². The topological polar surface area (TPSA) is 26.3 Å². The number of hydrogen-bond donors (Lipinski definition) is 0. The summed E-state index contributed by atoms with van der Waals surface area (Å²) in [6, 6.07) is 10.1. The third kappa shape index (κ3) is 2.58. The molecule has 0 unspecified atom stereocenters. The van der Waals surface area contributed by atoms with E-state index >= 15 is 0 Å². The number of ether oxygens (including phenoxy) is 1. The second kappa shape index (κ2) is 6.05. The molecule has 0 saturated heterocycles. The van der Waals surface area contributed by atoms with E-state index < -0.39 is 5.41 Å². The molecule has 0 radical (unpaired) electrons. The van der Waals surface area contributed by atoms with Gasteiger partial charge in [0.25, 0.3) is 0 Å². The van der Waals surface area contributed by atoms with Gasteiger partial charge in [0.05, 0.1) is 18.3 Å². The van der Waals surface area contributed by atoms with E-state index in [9.17, 15) is 4.79 Å². The Kier molecular flexibility index (Phi) is 4.41. The highest BCUT2D eigenvalue weighted by Gasteiger charge is 2.38. The molecule has 2 rings (SSSR count). The number of allylic oxidation sites excluding steroid dienone is 1. The lowest BCUT2D eigenvalue weighted by Crippen LogP contribution is -2.36. The lowest BCUT2D eigenvalue weighted by atomic mass is 9.70. The maximum atomic E-state index is 12.9. The lowest BCUT2D eigenvalue weighted by Gasteiger charge is -2.32. The Hall–Kier alpha value is -1.57. The van der Waals surface area contributed by atoms with Crippen LogP contribution in [0.25, 0.3) is 0 Å². The fraction of sp³-hybridized carbons (Fsp3) is 0.471. The minimum atomic E-state index is -0.395. The first kappa shape index (κ1) is 13.9. The van der Waals surface area contributed by atoms with Crippen LogP contribution in [0.15, 0.2) is 42.2 Å². The van der Waals surface area contributed by atoms with Crippen LogP contribution < -0.4 is 0 Å². The molecular formula is C17H22O2. The molecule has 0 aromatic heterocycles. The highest BCUT2D eigenvalue weighted by molar-refractivity contribution is 6.03. The summed E-state index contributed by atoms with van der Waals surface area (Å²) in [7, 11) is 0. The maximum Gasteiger partial charge on any atom is 0.172 e. The normalized spacial score (nSPS) is 15.6. The molecule has 2 nitrogen and oxygen atoms in total. The SMILES string of the molecule is CCC(CC)(C(=O)C1=COCCC1)c1ccccc1. The molecule has 2 heteroatoms. The van der Waals surface area contributed by atoms with Crippen LogP contribution in [0.2, 0.25) is 0 Å². The highest BCUT2D eigenvalue weighted by atomic mass is 16.5. The van der Waals surface area contributed by atoms with Crippen molar-refractivity contribution in [3.8, 4) is 0 Å². The van der Waals surface area contributed by atoms with Crippen molar-refractivity contribution in [2.45, 2.75) is 44.9 Å². The lowest BCUT2D eigenvalue weighted by molar-refractivity contribution is -0.121. The minimum absolute atomic E-state index is 0.239. The van der Waals surface area contributed by atoms with Crippen LogP contribution in [0, 0.1) is 0 Å². The summed E-state index contributed by atoms with van der Waals surface area (Å²) in [5.41, 5.74) is 1.57. The summed E-state index contributed by atoms with van der Waals surface area (Å²) in [5.74, 6) is 0.239. The molecule has 0 bridgehead atoms. The molecule has 0 atom stereocenters. The molecule has 19 heavy (non-hydrogen) atoms. The molecule has 0 fully saturated rings. The van der Waals surface area contributed by atoms with Gasteiger partial charge in [-0.15, -0.1) is 0 Å². The first-order valence-corrected chi connectivity index (χ1v) is 7.15. The van der Waals surface area contributed by atoms with E-state index in [-0.39, 0.29) is 5.78 Å². The van der Waals surface area contributed by atoms with Crippen LogP contribution >= 0.6 is 0 Å². The predicted octanol–water partition coefficient (Wildman–Crippen LogP) is 4.01. The second-order valence-electron chi connectivity index (χ2n) is 5.10. The molecule has 0 N–H and O–H groups in total. The van der Waals surface area contributed by atoms with Crippen molar-refractivity contribution >= 4 is 5.78 Å². The van der Waals surface area contributed by atoms with Crippen molar-refractivity contribution in [1.82, 2.24) is 0 Å². The van der Waals surface area contributed by atoms with Gasteiger partial charge in [-0.1, -0.05) is 44.2 Å². The Bertz CT molecular complexity index is 455. The van der Waals surface area contributed by atoms with Crippen molar-refractivity contribution in [2.24, 2.45) is 0 Å². The number of benzene rings is 1. The number of Topliss-reactive ketones (excluding diaryl/α,β-unsaturated/α-hetero) is 1. The van der Waals surface area contributed by atoms with Crippen LogP contribution in [0.5, 0.6) is 0 Å². The van der Waals surface area contributed by atoms with Crippen molar-refractivity contribution in [2.75, 3.05) is 6.61 Å². The van der Waals surface area contributed by atoms with E-state index in [0.29, 0.717) is 0 Å². The van der Waals surface area contributed by atoms with Gasteiger partial charge in [-0.3, -0.25) is 4.79 Å². The molecule has 1 aliphatic heterocycles. The zero-order valence-electron chi connectivity index (χ0n) is 11.8. The van der Waals surface area contributed by atoms with Crippen molar-refractivity contribution in [1.29, 1.82) is 0 Å². The second-order valence-corrected chi connectivity index (χ2v) is 5.10. The van der Waals surface area contributed by atoms with Crippen LogP contribution in [-0.2, 0) is 14.9 Å². The fourth-order valence-electron chi connectivity index (χ4n) is 2.91. The molecule has 0 saturated carbocycles. The van der Waals surface area contributed by atoms with Gasteiger partial charge < -0.3 is 4.74 Å².